The predicted octanol–water partition coefficient (Wildman–Crippen LogP) is 5.02. The van der Waals surface area contributed by atoms with Gasteiger partial charge in [0.15, 0.2) is 5.11 Å². The second-order valence-corrected chi connectivity index (χ2v) is 6.47. The Morgan fingerprint density at radius 1 is 1.29 bits per heavy atom. The lowest BCUT2D eigenvalue weighted by molar-refractivity contribution is -0.137. The molecule has 0 fully saturated rings. The van der Waals surface area contributed by atoms with Gasteiger partial charge in [-0.05, 0) is 41.9 Å². The fourth-order valence-electron chi connectivity index (χ4n) is 1.58. The van der Waals surface area contributed by atoms with Crippen LogP contribution in [-0.4, -0.2) is 5.11 Å². The number of benzene rings is 1. The molecule has 2 aromatic rings. The van der Waals surface area contributed by atoms with E-state index in [0.717, 1.165) is 17.0 Å². The Morgan fingerprint density at radius 2 is 2.05 bits per heavy atom. The number of thiophene rings is 1. The molecule has 1 heterocycles. The molecular weight excluding hydrogens is 385 g/mol. The molecule has 0 atom stereocenters. The van der Waals surface area contributed by atoms with Gasteiger partial charge < -0.3 is 10.6 Å². The van der Waals surface area contributed by atoms with Gasteiger partial charge in [-0.2, -0.15) is 13.2 Å². The molecule has 0 radical (unpaired) electrons. The Labute approximate surface area is 137 Å². The molecule has 1 aromatic carbocycles. The Morgan fingerprint density at radius 3 is 2.67 bits per heavy atom. The minimum atomic E-state index is -4.40. The fraction of sp³-hybridized carbons (Fsp3) is 0.154. The topological polar surface area (TPSA) is 24.1 Å². The van der Waals surface area contributed by atoms with Crippen LogP contribution in [0.2, 0.25) is 0 Å². The van der Waals surface area contributed by atoms with Crippen molar-refractivity contribution in [1.82, 2.24) is 5.32 Å². The third-order valence-electron chi connectivity index (χ3n) is 2.49. The van der Waals surface area contributed by atoms with Gasteiger partial charge in [-0.3, -0.25) is 0 Å². The first-order valence-corrected chi connectivity index (χ1v) is 7.88. The number of hydrogen-bond acceptors (Lipinski definition) is 2. The van der Waals surface area contributed by atoms with Crippen LogP contribution in [0.15, 0.2) is 40.2 Å². The highest BCUT2D eigenvalue weighted by molar-refractivity contribution is 9.10. The first-order valence-electron chi connectivity index (χ1n) is 5.79. The van der Waals surface area contributed by atoms with E-state index in [1.807, 2.05) is 17.5 Å². The van der Waals surface area contributed by atoms with Crippen LogP contribution in [0.25, 0.3) is 0 Å². The summed E-state index contributed by atoms with van der Waals surface area (Å²) in [4.78, 5) is 1.09. The van der Waals surface area contributed by atoms with Crippen LogP contribution in [-0.2, 0) is 12.7 Å². The van der Waals surface area contributed by atoms with Gasteiger partial charge >= 0.3 is 6.18 Å². The molecule has 8 heteroatoms. The van der Waals surface area contributed by atoms with Crippen molar-refractivity contribution in [3.63, 3.8) is 0 Å². The van der Waals surface area contributed by atoms with Crippen LogP contribution in [0.1, 0.15) is 10.4 Å². The highest BCUT2D eigenvalue weighted by Gasteiger charge is 2.31. The second kappa shape index (κ2) is 6.76. The summed E-state index contributed by atoms with van der Waals surface area (Å²) in [6.07, 6.45) is -4.40. The molecule has 0 bridgehead atoms. The Kier molecular flexibility index (Phi) is 5.23. The zero-order chi connectivity index (χ0) is 15.5. The zero-order valence-electron chi connectivity index (χ0n) is 10.5. The normalized spacial score (nSPS) is 11.2. The maximum Gasteiger partial charge on any atom is 0.416 e. The Balaban J connectivity index is 2.02. The zero-order valence-corrected chi connectivity index (χ0v) is 13.7. The largest absolute Gasteiger partial charge is 0.416 e. The maximum atomic E-state index is 12.7. The van der Waals surface area contributed by atoms with Crippen molar-refractivity contribution >= 4 is 50.3 Å². The predicted molar refractivity (Wildman–Crippen MR) is 86.5 cm³/mol. The number of hydrogen-bond donors (Lipinski definition) is 2. The molecule has 112 valence electrons. The summed E-state index contributed by atoms with van der Waals surface area (Å²) in [5.74, 6) is 0. The number of rotatable bonds is 3. The lowest BCUT2D eigenvalue weighted by Crippen LogP contribution is -2.27. The van der Waals surface area contributed by atoms with Crippen LogP contribution >= 0.6 is 39.5 Å². The Bertz CT molecular complexity index is 627. The molecule has 0 unspecified atom stereocenters. The Hall–Kier alpha value is -1.12. The molecule has 21 heavy (non-hydrogen) atoms. The summed E-state index contributed by atoms with van der Waals surface area (Å²) in [6.45, 7) is 0.531. The average Bonchev–Trinajstić information content (AvgIpc) is 2.87. The summed E-state index contributed by atoms with van der Waals surface area (Å²) < 4.78 is 38.5. The van der Waals surface area contributed by atoms with E-state index in [9.17, 15) is 13.2 Å². The van der Waals surface area contributed by atoms with Gasteiger partial charge in [0.25, 0.3) is 0 Å². The number of anilines is 1. The van der Waals surface area contributed by atoms with E-state index in [4.69, 9.17) is 12.2 Å². The van der Waals surface area contributed by atoms with E-state index in [2.05, 4.69) is 26.6 Å². The van der Waals surface area contributed by atoms with E-state index in [1.165, 1.54) is 6.07 Å². The highest BCUT2D eigenvalue weighted by atomic mass is 79.9. The van der Waals surface area contributed by atoms with Crippen LogP contribution in [0.3, 0.4) is 0 Å². The standard InChI is InChI=1S/C13H10BrF3N2S2/c14-9-4-8(13(15,16)17)5-10(6-9)19-12(20)18-7-11-2-1-3-21-11/h1-6H,7H2,(H2,18,19,20). The first-order chi connectivity index (χ1) is 9.84. The molecule has 2 N–H and O–H groups in total. The molecule has 0 aliphatic rings. The minimum absolute atomic E-state index is 0.273. The van der Waals surface area contributed by atoms with Gasteiger partial charge in [-0.25, -0.2) is 0 Å². The van der Waals surface area contributed by atoms with Crippen LogP contribution in [0.5, 0.6) is 0 Å². The number of thiocarbonyl (C=S) groups is 1. The fourth-order valence-corrected chi connectivity index (χ4v) is 2.91. The average molecular weight is 395 g/mol. The van der Waals surface area contributed by atoms with E-state index in [-0.39, 0.29) is 10.8 Å². The summed E-state index contributed by atoms with van der Waals surface area (Å²) in [5, 5.41) is 7.91. The molecule has 0 amide bonds. The minimum Gasteiger partial charge on any atom is -0.358 e. The summed E-state index contributed by atoms with van der Waals surface area (Å²) >= 11 is 9.71. The molecule has 2 rings (SSSR count). The van der Waals surface area contributed by atoms with Crippen molar-refractivity contribution in [3.8, 4) is 0 Å². The second-order valence-electron chi connectivity index (χ2n) is 4.11. The van der Waals surface area contributed by atoms with Gasteiger partial charge in [0.1, 0.15) is 0 Å². The summed E-state index contributed by atoms with van der Waals surface area (Å²) in [5.41, 5.74) is -0.458. The summed E-state index contributed by atoms with van der Waals surface area (Å²) in [7, 11) is 0. The van der Waals surface area contributed by atoms with Gasteiger partial charge in [0, 0.05) is 15.0 Å². The van der Waals surface area contributed by atoms with Gasteiger partial charge in [-0.15, -0.1) is 11.3 Å². The lowest BCUT2D eigenvalue weighted by Gasteiger charge is -2.13. The van der Waals surface area contributed by atoms with Crippen molar-refractivity contribution in [2.24, 2.45) is 0 Å². The van der Waals surface area contributed by atoms with E-state index >= 15 is 0 Å². The molecule has 1 aromatic heterocycles. The number of nitrogens with one attached hydrogen (secondary N) is 2. The molecule has 0 spiro atoms. The third kappa shape index (κ3) is 4.98. The molecule has 2 nitrogen and oxygen atoms in total. The van der Waals surface area contributed by atoms with Crippen molar-refractivity contribution in [2.45, 2.75) is 12.7 Å². The number of alkyl halides is 3. The quantitative estimate of drug-likeness (QED) is 0.714. The van der Waals surface area contributed by atoms with Crippen molar-refractivity contribution in [3.05, 3.63) is 50.6 Å². The molecular formula is C13H10BrF3N2S2. The molecule has 0 saturated heterocycles. The van der Waals surface area contributed by atoms with E-state index in [1.54, 1.807) is 11.3 Å². The van der Waals surface area contributed by atoms with Crippen molar-refractivity contribution in [2.75, 3.05) is 5.32 Å². The van der Waals surface area contributed by atoms with E-state index in [0.29, 0.717) is 11.0 Å². The highest BCUT2D eigenvalue weighted by Crippen LogP contribution is 2.33. The maximum absolute atomic E-state index is 12.7. The van der Waals surface area contributed by atoms with Crippen LogP contribution in [0.4, 0.5) is 18.9 Å². The van der Waals surface area contributed by atoms with Crippen LogP contribution < -0.4 is 10.6 Å². The molecule has 0 aliphatic carbocycles. The van der Waals surface area contributed by atoms with Gasteiger partial charge in [-0.1, -0.05) is 22.0 Å². The monoisotopic (exact) mass is 394 g/mol. The lowest BCUT2D eigenvalue weighted by atomic mass is 10.2. The van der Waals surface area contributed by atoms with Crippen molar-refractivity contribution < 1.29 is 13.2 Å². The van der Waals surface area contributed by atoms with Crippen LogP contribution in [0, 0.1) is 0 Å². The first kappa shape index (κ1) is 16.3. The van der Waals surface area contributed by atoms with E-state index < -0.39 is 11.7 Å². The SMILES string of the molecule is FC(F)(F)c1cc(Br)cc(NC(=S)NCc2cccs2)c1. The van der Waals surface area contributed by atoms with Gasteiger partial charge in [0.2, 0.25) is 0 Å². The smallest absolute Gasteiger partial charge is 0.358 e. The van der Waals surface area contributed by atoms with Crippen molar-refractivity contribution in [1.29, 1.82) is 0 Å². The number of halogens is 4. The third-order valence-corrected chi connectivity index (χ3v) is 4.07. The summed E-state index contributed by atoms with van der Waals surface area (Å²) in [6, 6.07) is 7.44. The molecule has 0 aliphatic heterocycles. The molecule has 0 saturated carbocycles. The van der Waals surface area contributed by atoms with Gasteiger partial charge in [0.05, 0.1) is 12.1 Å².